The quantitative estimate of drug-likeness (QED) is 0.802. The first-order valence-corrected chi connectivity index (χ1v) is 8.11. The second kappa shape index (κ2) is 9.33. The summed E-state index contributed by atoms with van der Waals surface area (Å²) >= 11 is 0. The Morgan fingerprint density at radius 2 is 2.00 bits per heavy atom. The zero-order chi connectivity index (χ0) is 18.1. The minimum Gasteiger partial charge on any atom is -0.493 e. The maximum absolute atomic E-state index is 11.3. The number of nitriles is 1. The van der Waals surface area contributed by atoms with Crippen molar-refractivity contribution in [3.05, 3.63) is 59.2 Å². The van der Waals surface area contributed by atoms with Crippen molar-refractivity contribution < 1.29 is 14.3 Å². The molecule has 2 aromatic rings. The summed E-state index contributed by atoms with van der Waals surface area (Å²) in [5.74, 6) is 1.09. The lowest BCUT2D eigenvalue weighted by Gasteiger charge is -2.13. The minimum atomic E-state index is -0.257. The highest BCUT2D eigenvalue weighted by Crippen LogP contribution is 2.29. The van der Waals surface area contributed by atoms with Crippen LogP contribution in [0.5, 0.6) is 11.5 Å². The molecule has 1 amide bonds. The van der Waals surface area contributed by atoms with Gasteiger partial charge in [-0.3, -0.25) is 4.79 Å². The molecule has 0 aliphatic heterocycles. The van der Waals surface area contributed by atoms with E-state index in [2.05, 4.69) is 11.4 Å². The smallest absolute Gasteiger partial charge is 0.234 e. The monoisotopic (exact) mass is 338 g/mol. The molecule has 0 saturated carbocycles. The maximum atomic E-state index is 11.3. The molecule has 0 radical (unpaired) electrons. The van der Waals surface area contributed by atoms with E-state index in [1.165, 1.54) is 5.56 Å². The summed E-state index contributed by atoms with van der Waals surface area (Å²) in [7, 11) is 1.60. The number of aryl methyl sites for hydroxylation is 1. The molecule has 2 aromatic carbocycles. The zero-order valence-electron chi connectivity index (χ0n) is 14.5. The molecule has 25 heavy (non-hydrogen) atoms. The molecule has 0 saturated heterocycles. The summed E-state index contributed by atoms with van der Waals surface area (Å²) in [6.07, 6.45) is 0.542. The lowest BCUT2D eigenvalue weighted by Crippen LogP contribution is -2.24. The van der Waals surface area contributed by atoms with Gasteiger partial charge in [-0.1, -0.05) is 35.9 Å². The van der Waals surface area contributed by atoms with Crippen molar-refractivity contribution in [3.63, 3.8) is 0 Å². The van der Waals surface area contributed by atoms with Crippen LogP contribution in [-0.2, 0) is 17.8 Å². The van der Waals surface area contributed by atoms with Crippen LogP contribution in [0.3, 0.4) is 0 Å². The van der Waals surface area contributed by atoms with Crippen LogP contribution in [0.25, 0.3) is 0 Å². The first kappa shape index (κ1) is 18.3. The molecule has 5 heteroatoms. The highest BCUT2D eigenvalue weighted by atomic mass is 16.5. The average Bonchev–Trinajstić information content (AvgIpc) is 2.60. The third-order valence-electron chi connectivity index (χ3n) is 3.68. The summed E-state index contributed by atoms with van der Waals surface area (Å²) in [5.41, 5.74) is 3.32. The number of ether oxygens (including phenoxy) is 2. The molecular weight excluding hydrogens is 316 g/mol. The zero-order valence-corrected chi connectivity index (χ0v) is 14.5. The maximum Gasteiger partial charge on any atom is 0.234 e. The molecule has 2 rings (SSSR count). The van der Waals surface area contributed by atoms with E-state index in [1.807, 2.05) is 49.4 Å². The molecule has 0 fully saturated rings. The van der Waals surface area contributed by atoms with Crippen LogP contribution in [-0.4, -0.2) is 19.6 Å². The Kier molecular flexibility index (Phi) is 6.85. The van der Waals surface area contributed by atoms with Gasteiger partial charge in [-0.2, -0.15) is 5.26 Å². The number of benzene rings is 2. The van der Waals surface area contributed by atoms with Gasteiger partial charge in [-0.15, -0.1) is 0 Å². The molecule has 0 atom stereocenters. The molecule has 0 aromatic heterocycles. The van der Waals surface area contributed by atoms with Gasteiger partial charge in [0.2, 0.25) is 5.91 Å². The molecule has 0 spiro atoms. The standard InChI is InChI=1S/C20H22N2O3/c1-15-4-3-5-17(12-15)14-25-18-7-6-16(13-19(18)24-2)9-11-22-20(23)8-10-21/h3-7,12-13H,8-9,11,14H2,1-2H3,(H,22,23). The molecule has 5 nitrogen and oxygen atoms in total. The Morgan fingerprint density at radius 1 is 1.16 bits per heavy atom. The molecule has 0 heterocycles. The fourth-order valence-corrected chi connectivity index (χ4v) is 2.43. The molecular formula is C20H22N2O3. The van der Waals surface area contributed by atoms with Crippen molar-refractivity contribution in [1.82, 2.24) is 5.32 Å². The van der Waals surface area contributed by atoms with Gasteiger partial charge >= 0.3 is 0 Å². The van der Waals surface area contributed by atoms with Crippen molar-refractivity contribution in [1.29, 1.82) is 5.26 Å². The number of carbonyl (C=O) groups excluding carboxylic acids is 1. The second-order valence-corrected chi connectivity index (χ2v) is 5.70. The highest BCUT2D eigenvalue weighted by Gasteiger charge is 2.07. The Balaban J connectivity index is 1.94. The summed E-state index contributed by atoms with van der Waals surface area (Å²) in [6.45, 7) is 3.00. The minimum absolute atomic E-state index is 0.116. The lowest BCUT2D eigenvalue weighted by atomic mass is 10.1. The van der Waals surface area contributed by atoms with Crippen molar-refractivity contribution in [2.75, 3.05) is 13.7 Å². The second-order valence-electron chi connectivity index (χ2n) is 5.70. The number of nitrogens with zero attached hydrogens (tertiary/aromatic N) is 1. The van der Waals surface area contributed by atoms with Crippen LogP contribution in [0.1, 0.15) is 23.1 Å². The Hall–Kier alpha value is -3.00. The number of amides is 1. The van der Waals surface area contributed by atoms with Gasteiger partial charge in [-0.05, 0) is 36.6 Å². The van der Waals surface area contributed by atoms with Crippen LogP contribution in [0.15, 0.2) is 42.5 Å². The predicted molar refractivity (Wildman–Crippen MR) is 95.4 cm³/mol. The number of hydrogen-bond donors (Lipinski definition) is 1. The van der Waals surface area contributed by atoms with Crippen molar-refractivity contribution in [2.45, 2.75) is 26.4 Å². The van der Waals surface area contributed by atoms with Crippen LogP contribution < -0.4 is 14.8 Å². The van der Waals surface area contributed by atoms with Crippen molar-refractivity contribution in [2.24, 2.45) is 0 Å². The Morgan fingerprint density at radius 3 is 2.72 bits per heavy atom. The number of hydrogen-bond acceptors (Lipinski definition) is 4. The van der Waals surface area contributed by atoms with Crippen LogP contribution in [0.2, 0.25) is 0 Å². The van der Waals surface area contributed by atoms with E-state index in [0.29, 0.717) is 31.1 Å². The van der Waals surface area contributed by atoms with E-state index >= 15 is 0 Å². The van der Waals surface area contributed by atoms with E-state index < -0.39 is 0 Å². The van der Waals surface area contributed by atoms with Crippen molar-refractivity contribution in [3.8, 4) is 17.6 Å². The van der Waals surface area contributed by atoms with Gasteiger partial charge in [0.1, 0.15) is 13.0 Å². The van der Waals surface area contributed by atoms with Gasteiger partial charge in [0.05, 0.1) is 13.2 Å². The predicted octanol–water partition coefficient (Wildman–Crippen LogP) is 3.16. The van der Waals surface area contributed by atoms with Gasteiger partial charge in [0.15, 0.2) is 11.5 Å². The molecule has 0 bridgehead atoms. The van der Waals surface area contributed by atoms with Gasteiger partial charge < -0.3 is 14.8 Å². The fourth-order valence-electron chi connectivity index (χ4n) is 2.43. The molecule has 0 aliphatic carbocycles. The summed E-state index contributed by atoms with van der Waals surface area (Å²) in [6, 6.07) is 15.7. The summed E-state index contributed by atoms with van der Waals surface area (Å²) in [4.78, 5) is 11.3. The Bertz CT molecular complexity index is 766. The summed E-state index contributed by atoms with van der Waals surface area (Å²) in [5, 5.41) is 11.2. The SMILES string of the molecule is COc1cc(CCNC(=O)CC#N)ccc1OCc1cccc(C)c1. The molecule has 1 N–H and O–H groups in total. The average molecular weight is 338 g/mol. The third-order valence-corrected chi connectivity index (χ3v) is 3.68. The van der Waals surface area contributed by atoms with Gasteiger partial charge in [-0.25, -0.2) is 0 Å². The highest BCUT2D eigenvalue weighted by molar-refractivity contribution is 5.77. The number of methoxy groups -OCH3 is 1. The van der Waals surface area contributed by atoms with E-state index in [9.17, 15) is 4.79 Å². The molecule has 130 valence electrons. The molecule has 0 unspecified atom stereocenters. The Labute approximate surface area is 148 Å². The summed E-state index contributed by atoms with van der Waals surface area (Å²) < 4.78 is 11.3. The number of carbonyl (C=O) groups is 1. The van der Waals surface area contributed by atoms with Gasteiger partial charge in [0.25, 0.3) is 0 Å². The van der Waals surface area contributed by atoms with Gasteiger partial charge in [0, 0.05) is 6.54 Å². The fraction of sp³-hybridized carbons (Fsp3) is 0.300. The normalized spacial score (nSPS) is 9.96. The third kappa shape index (κ3) is 5.85. The largest absolute Gasteiger partial charge is 0.493 e. The van der Waals surface area contributed by atoms with Crippen LogP contribution >= 0.6 is 0 Å². The van der Waals surface area contributed by atoms with E-state index in [4.69, 9.17) is 14.7 Å². The van der Waals surface area contributed by atoms with E-state index in [1.54, 1.807) is 7.11 Å². The number of rotatable bonds is 8. The van der Waals surface area contributed by atoms with Crippen LogP contribution in [0.4, 0.5) is 0 Å². The first-order valence-electron chi connectivity index (χ1n) is 8.11. The van der Waals surface area contributed by atoms with Crippen molar-refractivity contribution >= 4 is 5.91 Å². The first-order chi connectivity index (χ1) is 12.1. The molecule has 0 aliphatic rings. The lowest BCUT2D eigenvalue weighted by molar-refractivity contribution is -0.120. The van der Waals surface area contributed by atoms with Crippen LogP contribution in [0, 0.1) is 18.3 Å². The topological polar surface area (TPSA) is 71.3 Å². The van der Waals surface area contributed by atoms with E-state index in [-0.39, 0.29) is 12.3 Å². The number of nitrogens with one attached hydrogen (secondary N) is 1. The van der Waals surface area contributed by atoms with E-state index in [0.717, 1.165) is 11.1 Å².